The normalized spacial score (nSPS) is 23.8. The van der Waals surface area contributed by atoms with Gasteiger partial charge in [-0.05, 0) is 94.4 Å². The second kappa shape index (κ2) is 9.51. The number of hydrogen-bond acceptors (Lipinski definition) is 2. The molecule has 2 bridgehead atoms. The van der Waals surface area contributed by atoms with E-state index in [9.17, 15) is 13.6 Å². The van der Waals surface area contributed by atoms with Gasteiger partial charge in [-0.25, -0.2) is 4.39 Å². The zero-order chi connectivity index (χ0) is 22.0. The molecule has 31 heavy (non-hydrogen) atoms. The van der Waals surface area contributed by atoms with Gasteiger partial charge in [-0.15, -0.1) is 0 Å². The molecule has 0 saturated heterocycles. The molecule has 1 N–H and O–H groups in total. The molecule has 1 atom stereocenters. The Morgan fingerprint density at radius 3 is 2.65 bits per heavy atom. The summed E-state index contributed by atoms with van der Waals surface area (Å²) in [7, 11) is 0. The summed E-state index contributed by atoms with van der Waals surface area (Å²) in [4.78, 5) is 18.3. The average Bonchev–Trinajstić information content (AvgIpc) is 2.75. The number of halogens is 3. The van der Waals surface area contributed by atoms with Gasteiger partial charge in [0.05, 0.1) is 17.8 Å². The van der Waals surface area contributed by atoms with Gasteiger partial charge in [0.25, 0.3) is 5.91 Å². The predicted molar refractivity (Wildman–Crippen MR) is 124 cm³/mol. The molecule has 3 aliphatic rings. The molecule has 1 aromatic carbocycles. The van der Waals surface area contributed by atoms with Crippen LogP contribution in [0.25, 0.3) is 10.9 Å². The fourth-order valence-corrected chi connectivity index (χ4v) is 5.75. The van der Waals surface area contributed by atoms with Gasteiger partial charge in [-0.3, -0.25) is 14.2 Å². The summed E-state index contributed by atoms with van der Waals surface area (Å²) in [6, 6.07) is 5.70. The standard InChI is InChI=1S/C25H31BrF2N2O/c1-16-22(15-19(28)4-2-3-13-27)29-21-6-5-18(26)14-20(21)23(16)24(31)30-25-10-7-17(8-11-25)9-12-25/h5-6,14,17,19H,2-4,7-13,15H2,1H3,(H,30,31). The highest BCUT2D eigenvalue weighted by molar-refractivity contribution is 9.10. The SMILES string of the molecule is Cc1c(CC(F)CCCCF)nc2ccc(Br)cc2c1C(=O)NC12CCC(CC1)CC2. The maximum Gasteiger partial charge on any atom is 0.252 e. The molecular weight excluding hydrogens is 462 g/mol. The van der Waals surface area contributed by atoms with Crippen LogP contribution >= 0.6 is 15.9 Å². The number of unbranched alkanes of at least 4 members (excludes halogenated alkanes) is 1. The highest BCUT2D eigenvalue weighted by Gasteiger charge is 2.41. The van der Waals surface area contributed by atoms with Crippen molar-refractivity contribution in [1.29, 1.82) is 0 Å². The van der Waals surface area contributed by atoms with Crippen molar-refractivity contribution in [2.75, 3.05) is 6.67 Å². The first-order valence-corrected chi connectivity index (χ1v) is 12.3. The molecule has 2 aromatic rings. The van der Waals surface area contributed by atoms with E-state index in [0.29, 0.717) is 36.0 Å². The van der Waals surface area contributed by atoms with Crippen LogP contribution in [0.5, 0.6) is 0 Å². The van der Waals surface area contributed by atoms with Crippen LogP contribution in [0.4, 0.5) is 8.78 Å². The zero-order valence-electron chi connectivity index (χ0n) is 18.2. The number of aromatic nitrogens is 1. The molecule has 1 unspecified atom stereocenters. The van der Waals surface area contributed by atoms with Gasteiger partial charge in [0.15, 0.2) is 0 Å². The van der Waals surface area contributed by atoms with Crippen molar-refractivity contribution in [3.8, 4) is 0 Å². The highest BCUT2D eigenvalue weighted by Crippen LogP contribution is 2.44. The molecule has 0 radical (unpaired) electrons. The maximum absolute atomic E-state index is 14.6. The van der Waals surface area contributed by atoms with Crippen LogP contribution in [0.1, 0.15) is 79.4 Å². The lowest BCUT2D eigenvalue weighted by Crippen LogP contribution is -2.53. The molecule has 3 saturated carbocycles. The van der Waals surface area contributed by atoms with Crippen LogP contribution in [0, 0.1) is 12.8 Å². The Balaban J connectivity index is 1.66. The summed E-state index contributed by atoms with van der Waals surface area (Å²) in [6.45, 7) is 1.46. The Kier molecular flexibility index (Phi) is 6.95. The second-order valence-corrected chi connectivity index (χ2v) is 10.3. The van der Waals surface area contributed by atoms with Crippen LogP contribution in [0.2, 0.25) is 0 Å². The van der Waals surface area contributed by atoms with Crippen molar-refractivity contribution in [2.24, 2.45) is 5.92 Å². The minimum absolute atomic E-state index is 0.0718. The van der Waals surface area contributed by atoms with Gasteiger partial charge in [0.1, 0.15) is 6.17 Å². The molecule has 1 amide bonds. The second-order valence-electron chi connectivity index (χ2n) is 9.42. The van der Waals surface area contributed by atoms with E-state index in [-0.39, 0.29) is 17.9 Å². The molecule has 3 nitrogen and oxygen atoms in total. The van der Waals surface area contributed by atoms with Crippen molar-refractivity contribution in [3.05, 3.63) is 39.5 Å². The third-order valence-electron chi connectivity index (χ3n) is 7.31. The zero-order valence-corrected chi connectivity index (χ0v) is 19.7. The largest absolute Gasteiger partial charge is 0.347 e. The molecule has 6 heteroatoms. The number of amides is 1. The van der Waals surface area contributed by atoms with E-state index in [1.165, 1.54) is 19.3 Å². The van der Waals surface area contributed by atoms with Crippen molar-refractivity contribution in [2.45, 2.75) is 82.8 Å². The van der Waals surface area contributed by atoms with E-state index < -0.39 is 12.8 Å². The minimum atomic E-state index is -1.09. The van der Waals surface area contributed by atoms with E-state index >= 15 is 0 Å². The van der Waals surface area contributed by atoms with Crippen LogP contribution < -0.4 is 5.32 Å². The van der Waals surface area contributed by atoms with E-state index in [1.54, 1.807) is 0 Å². The van der Waals surface area contributed by atoms with Crippen LogP contribution in [-0.2, 0) is 6.42 Å². The van der Waals surface area contributed by atoms with Gasteiger partial charge < -0.3 is 5.32 Å². The lowest BCUT2D eigenvalue weighted by atomic mass is 9.65. The molecule has 5 rings (SSSR count). The lowest BCUT2D eigenvalue weighted by Gasteiger charge is -2.47. The molecule has 168 valence electrons. The Morgan fingerprint density at radius 1 is 1.26 bits per heavy atom. The Bertz CT molecular complexity index is 942. The monoisotopic (exact) mass is 492 g/mol. The first kappa shape index (κ1) is 22.6. The number of nitrogens with one attached hydrogen (secondary N) is 1. The molecule has 3 aliphatic carbocycles. The first-order chi connectivity index (χ1) is 14.9. The Morgan fingerprint density at radius 2 is 1.97 bits per heavy atom. The fourth-order valence-electron chi connectivity index (χ4n) is 5.39. The summed E-state index contributed by atoms with van der Waals surface area (Å²) in [5.74, 6) is 0.751. The van der Waals surface area contributed by atoms with Gasteiger partial charge in [0, 0.05) is 27.5 Å². The number of fused-ring (bicyclic) bond motifs is 4. The molecule has 1 aromatic heterocycles. The molecule has 0 aliphatic heterocycles. The Labute approximate surface area is 191 Å². The van der Waals surface area contributed by atoms with Gasteiger partial charge in [-0.2, -0.15) is 0 Å². The highest BCUT2D eigenvalue weighted by atomic mass is 79.9. The summed E-state index contributed by atoms with van der Waals surface area (Å²) < 4.78 is 27.9. The number of carbonyl (C=O) groups excluding carboxylic acids is 1. The maximum atomic E-state index is 14.6. The average molecular weight is 493 g/mol. The number of rotatable bonds is 8. The van der Waals surface area contributed by atoms with E-state index in [0.717, 1.165) is 40.6 Å². The molecule has 1 heterocycles. The Hall–Kier alpha value is -1.56. The predicted octanol–water partition coefficient (Wildman–Crippen LogP) is 6.78. The van der Waals surface area contributed by atoms with Gasteiger partial charge >= 0.3 is 0 Å². The fraction of sp³-hybridized carbons (Fsp3) is 0.600. The number of benzene rings is 1. The van der Waals surface area contributed by atoms with E-state index in [1.807, 2.05) is 25.1 Å². The molecule has 0 spiro atoms. The van der Waals surface area contributed by atoms with E-state index in [2.05, 4.69) is 21.2 Å². The van der Waals surface area contributed by atoms with Crippen molar-refractivity contribution >= 4 is 32.7 Å². The van der Waals surface area contributed by atoms with Gasteiger partial charge in [0.2, 0.25) is 0 Å². The van der Waals surface area contributed by atoms with E-state index in [4.69, 9.17) is 4.98 Å². The minimum Gasteiger partial charge on any atom is -0.347 e. The summed E-state index contributed by atoms with van der Waals surface area (Å²) in [6.07, 6.45) is 6.99. The number of nitrogens with zero attached hydrogens (tertiary/aromatic N) is 1. The smallest absolute Gasteiger partial charge is 0.252 e. The van der Waals surface area contributed by atoms with Crippen molar-refractivity contribution in [3.63, 3.8) is 0 Å². The molecule has 3 fully saturated rings. The summed E-state index contributed by atoms with van der Waals surface area (Å²) >= 11 is 3.51. The lowest BCUT2D eigenvalue weighted by molar-refractivity contribution is 0.0715. The first-order valence-electron chi connectivity index (χ1n) is 11.5. The van der Waals surface area contributed by atoms with Crippen molar-refractivity contribution < 1.29 is 13.6 Å². The quantitative estimate of drug-likeness (QED) is 0.412. The number of carbonyl (C=O) groups is 1. The van der Waals surface area contributed by atoms with Crippen molar-refractivity contribution in [1.82, 2.24) is 10.3 Å². The topological polar surface area (TPSA) is 42.0 Å². The third-order valence-corrected chi connectivity index (χ3v) is 7.80. The summed E-state index contributed by atoms with van der Waals surface area (Å²) in [5, 5.41) is 4.19. The van der Waals surface area contributed by atoms with Crippen LogP contribution in [-0.4, -0.2) is 29.3 Å². The number of alkyl halides is 2. The van der Waals surface area contributed by atoms with Crippen LogP contribution in [0.15, 0.2) is 22.7 Å². The summed E-state index contributed by atoms with van der Waals surface area (Å²) in [5.41, 5.74) is 2.58. The van der Waals surface area contributed by atoms with Crippen LogP contribution in [0.3, 0.4) is 0 Å². The molecular formula is C25H31BrF2N2O. The number of hydrogen-bond donors (Lipinski definition) is 1. The third kappa shape index (κ3) is 4.94. The number of pyridine rings is 1. The van der Waals surface area contributed by atoms with Gasteiger partial charge in [-0.1, -0.05) is 15.9 Å².